The molecule has 3 aromatic heterocycles. The summed E-state index contributed by atoms with van der Waals surface area (Å²) in [6.45, 7) is 1.90. The molecule has 0 saturated carbocycles. The van der Waals surface area contributed by atoms with Gasteiger partial charge in [-0.2, -0.15) is 11.3 Å². The van der Waals surface area contributed by atoms with Gasteiger partial charge in [0.1, 0.15) is 12.0 Å². The maximum atomic E-state index is 4.86. The second-order valence-corrected chi connectivity index (χ2v) is 3.97. The molecule has 0 N–H and O–H groups in total. The monoisotopic (exact) mass is 411 g/mol. The van der Waals surface area contributed by atoms with Gasteiger partial charge in [-0.05, 0) is 13.1 Å². The minimum absolute atomic E-state index is 0. The molecule has 3 rings (SSSR count). The molecule has 0 bridgehead atoms. The average molecular weight is 410 g/mol. The second kappa shape index (κ2) is 4.32. The van der Waals surface area contributed by atoms with Crippen molar-refractivity contribution in [3.63, 3.8) is 0 Å². The Kier molecular flexibility index (Phi) is 3.04. The standard InChI is InChI=1S/C8H4N5OS.Ir/c1-4-12-6-8(15-4)9-2-5(13-6)7-10-3-11-14-7;/h3H,1H3;/q-1;. The van der Waals surface area contributed by atoms with Gasteiger partial charge in [0.2, 0.25) is 0 Å². The zero-order valence-electron chi connectivity index (χ0n) is 7.96. The van der Waals surface area contributed by atoms with Gasteiger partial charge in [0.15, 0.2) is 5.89 Å². The van der Waals surface area contributed by atoms with Gasteiger partial charge in [0.05, 0.1) is 9.84 Å². The summed E-state index contributed by atoms with van der Waals surface area (Å²) in [5.41, 5.74) is 1.01. The normalized spacial score (nSPS) is 10.3. The fourth-order valence-electron chi connectivity index (χ4n) is 1.16. The Balaban J connectivity index is 0.000000963. The molecule has 0 saturated heterocycles. The van der Waals surface area contributed by atoms with E-state index in [1.54, 1.807) is 0 Å². The molecule has 0 spiro atoms. The van der Waals surface area contributed by atoms with Crippen LogP contribution >= 0.6 is 11.3 Å². The van der Waals surface area contributed by atoms with Gasteiger partial charge in [-0.15, -0.1) is 0 Å². The van der Waals surface area contributed by atoms with Crippen molar-refractivity contribution in [1.29, 1.82) is 0 Å². The van der Waals surface area contributed by atoms with Crippen molar-refractivity contribution in [3.05, 3.63) is 17.5 Å². The SMILES string of the molecule is Cc1nc2nc(-c3ncno3)[c-]nc2s1.[Ir]. The van der Waals surface area contributed by atoms with Crippen LogP contribution in [0.25, 0.3) is 22.1 Å². The van der Waals surface area contributed by atoms with Gasteiger partial charge in [-0.3, -0.25) is 9.97 Å². The summed E-state index contributed by atoms with van der Waals surface area (Å²) >= 11 is 1.48. The third-order valence-electron chi connectivity index (χ3n) is 1.74. The first-order valence-electron chi connectivity index (χ1n) is 4.13. The van der Waals surface area contributed by atoms with Crippen LogP contribution in [0.15, 0.2) is 10.9 Å². The molecule has 0 aliphatic carbocycles. The Morgan fingerprint density at radius 3 is 3.00 bits per heavy atom. The molecule has 0 atom stereocenters. The Morgan fingerprint density at radius 2 is 2.25 bits per heavy atom. The number of hydrogen-bond donors (Lipinski definition) is 0. The summed E-state index contributed by atoms with van der Waals surface area (Å²) in [4.78, 5) is 17.2. The number of hydrogen-bond acceptors (Lipinski definition) is 7. The first-order valence-corrected chi connectivity index (χ1v) is 4.94. The van der Waals surface area contributed by atoms with Gasteiger partial charge in [-0.1, -0.05) is 5.16 Å². The number of nitrogens with zero attached hydrogens (tertiary/aromatic N) is 5. The summed E-state index contributed by atoms with van der Waals surface area (Å²) in [6, 6.07) is 0. The number of fused-ring (bicyclic) bond motifs is 1. The third-order valence-corrected chi connectivity index (χ3v) is 2.60. The van der Waals surface area contributed by atoms with Crippen LogP contribution in [0.1, 0.15) is 5.01 Å². The molecule has 1 radical (unpaired) electrons. The van der Waals surface area contributed by atoms with Crippen molar-refractivity contribution >= 4 is 21.8 Å². The molecule has 0 aliphatic heterocycles. The Hall–Kier alpha value is -1.24. The van der Waals surface area contributed by atoms with E-state index >= 15 is 0 Å². The van der Waals surface area contributed by atoms with Crippen LogP contribution in [0.3, 0.4) is 0 Å². The van der Waals surface area contributed by atoms with Gasteiger partial charge < -0.3 is 9.51 Å². The van der Waals surface area contributed by atoms with E-state index in [2.05, 4.69) is 31.3 Å². The molecule has 0 amide bonds. The number of thiazole rings is 1. The zero-order chi connectivity index (χ0) is 10.3. The van der Waals surface area contributed by atoms with Crippen molar-refractivity contribution in [2.75, 3.05) is 0 Å². The maximum absolute atomic E-state index is 4.86. The molecule has 0 aliphatic rings. The predicted molar refractivity (Wildman–Crippen MR) is 52.1 cm³/mol. The predicted octanol–water partition coefficient (Wildman–Crippen LogP) is 1.24. The molecule has 8 heteroatoms. The molecular weight excluding hydrogens is 406 g/mol. The van der Waals surface area contributed by atoms with Gasteiger partial charge in [0.25, 0.3) is 0 Å². The Labute approximate surface area is 107 Å². The smallest absolute Gasteiger partial charge is 0.174 e. The fraction of sp³-hybridized carbons (Fsp3) is 0.125. The van der Waals surface area contributed by atoms with E-state index in [9.17, 15) is 0 Å². The van der Waals surface area contributed by atoms with Crippen molar-refractivity contribution in [2.24, 2.45) is 0 Å². The fourth-order valence-corrected chi connectivity index (χ4v) is 1.84. The average Bonchev–Trinajstić information content (AvgIpc) is 2.82. The second-order valence-electron chi connectivity index (χ2n) is 2.79. The molecule has 3 heterocycles. The summed E-state index contributed by atoms with van der Waals surface area (Å²) in [5, 5.41) is 4.41. The quantitative estimate of drug-likeness (QED) is 0.562. The number of rotatable bonds is 1. The summed E-state index contributed by atoms with van der Waals surface area (Å²) in [6.07, 6.45) is 4.05. The van der Waals surface area contributed by atoms with E-state index in [-0.39, 0.29) is 20.1 Å². The van der Waals surface area contributed by atoms with E-state index in [1.165, 1.54) is 17.7 Å². The van der Waals surface area contributed by atoms with Crippen molar-refractivity contribution in [3.8, 4) is 11.6 Å². The van der Waals surface area contributed by atoms with Crippen molar-refractivity contribution < 1.29 is 24.6 Å². The maximum Gasteiger partial charge on any atom is 0.174 e. The van der Waals surface area contributed by atoms with Crippen molar-refractivity contribution in [1.82, 2.24) is 25.1 Å². The summed E-state index contributed by atoms with van der Waals surface area (Å²) < 4.78 is 4.86. The van der Waals surface area contributed by atoms with Crippen LogP contribution < -0.4 is 0 Å². The molecule has 0 unspecified atom stereocenters. The first kappa shape index (κ1) is 11.3. The van der Waals surface area contributed by atoms with Gasteiger partial charge in [0, 0.05) is 25.8 Å². The molecule has 6 nitrogen and oxygen atoms in total. The zero-order valence-corrected chi connectivity index (χ0v) is 11.2. The minimum Gasteiger partial charge on any atom is -0.395 e. The molecule has 0 fully saturated rings. The summed E-state index contributed by atoms with van der Waals surface area (Å²) in [5.74, 6) is 0.301. The van der Waals surface area contributed by atoms with E-state index < -0.39 is 0 Å². The number of aryl methyl sites for hydroxylation is 1. The van der Waals surface area contributed by atoms with E-state index in [0.29, 0.717) is 17.2 Å². The van der Waals surface area contributed by atoms with E-state index in [0.717, 1.165) is 9.84 Å². The molecule has 16 heavy (non-hydrogen) atoms. The van der Waals surface area contributed by atoms with Crippen LogP contribution in [0.5, 0.6) is 0 Å². The van der Waals surface area contributed by atoms with Crippen molar-refractivity contribution in [2.45, 2.75) is 6.92 Å². The Morgan fingerprint density at radius 1 is 1.38 bits per heavy atom. The minimum atomic E-state index is 0. The first-order chi connectivity index (χ1) is 7.33. The van der Waals surface area contributed by atoms with Crippen LogP contribution in [-0.4, -0.2) is 25.1 Å². The van der Waals surface area contributed by atoms with E-state index in [4.69, 9.17) is 4.52 Å². The largest absolute Gasteiger partial charge is 0.395 e. The molecule has 0 aromatic carbocycles. The van der Waals surface area contributed by atoms with Crippen LogP contribution in [0, 0.1) is 13.1 Å². The summed E-state index contributed by atoms with van der Waals surface area (Å²) in [7, 11) is 0. The molecular formula is C8H4IrN5OS-. The van der Waals surface area contributed by atoms with Gasteiger partial charge in [-0.25, -0.2) is 4.98 Å². The van der Waals surface area contributed by atoms with Crippen LogP contribution in [0.4, 0.5) is 0 Å². The van der Waals surface area contributed by atoms with Crippen LogP contribution in [0.2, 0.25) is 0 Å². The van der Waals surface area contributed by atoms with Gasteiger partial charge >= 0.3 is 0 Å². The Bertz CT molecular complexity index is 608. The van der Waals surface area contributed by atoms with Crippen LogP contribution in [-0.2, 0) is 20.1 Å². The van der Waals surface area contributed by atoms with E-state index in [1.807, 2.05) is 6.92 Å². The topological polar surface area (TPSA) is 77.6 Å². The molecule has 3 aromatic rings. The molecule has 83 valence electrons. The third kappa shape index (κ3) is 1.86. The number of aromatic nitrogens is 5.